The summed E-state index contributed by atoms with van der Waals surface area (Å²) in [6.45, 7) is 22.2. The monoisotopic (exact) mass is 362 g/mol. The van der Waals surface area contributed by atoms with E-state index < -0.39 is 25.2 Å². The molecule has 0 rings (SSSR count). The van der Waals surface area contributed by atoms with Crippen LogP contribution >= 0.6 is 0 Å². The summed E-state index contributed by atoms with van der Waals surface area (Å²) in [5, 5.41) is 0. The van der Waals surface area contributed by atoms with E-state index in [4.69, 9.17) is 0 Å². The van der Waals surface area contributed by atoms with Crippen LogP contribution in [0.15, 0.2) is 0 Å². The Kier molecular flexibility index (Phi) is 8.22. The molecule has 0 amide bonds. The summed E-state index contributed by atoms with van der Waals surface area (Å²) in [5.74, 6) is 0. The zero-order valence-corrected chi connectivity index (χ0v) is 20.4. The molecule has 0 N–H and O–H groups in total. The molecule has 1 atom stereocenters. The third-order valence-corrected chi connectivity index (χ3v) is 26.2. The molecule has 7 heteroatoms. The molecular formula is C15H42N4Si3. The second-order valence-corrected chi connectivity index (χ2v) is 22.1. The molecule has 0 aliphatic heterocycles. The van der Waals surface area contributed by atoms with Crippen LogP contribution in [0.4, 0.5) is 0 Å². The summed E-state index contributed by atoms with van der Waals surface area (Å²) >= 11 is 0. The Morgan fingerprint density at radius 1 is 0.636 bits per heavy atom. The molecule has 0 aromatic rings. The van der Waals surface area contributed by atoms with E-state index in [-0.39, 0.29) is 0 Å². The second kappa shape index (κ2) is 8.04. The molecule has 0 fully saturated rings. The summed E-state index contributed by atoms with van der Waals surface area (Å²) in [6, 6.07) is 1.29. The highest BCUT2D eigenvalue weighted by Crippen LogP contribution is 2.33. The summed E-state index contributed by atoms with van der Waals surface area (Å²) in [7, 11) is 4.16. The number of hydrogen-bond donors (Lipinski definition) is 0. The zero-order valence-electron chi connectivity index (χ0n) is 17.4. The highest BCUT2D eigenvalue weighted by Gasteiger charge is 2.55. The van der Waals surface area contributed by atoms with Crippen molar-refractivity contribution in [1.29, 1.82) is 0 Å². The number of nitrogens with zero attached hydrogens (tertiary/aromatic N) is 4. The van der Waals surface area contributed by atoms with Crippen molar-refractivity contribution in [2.24, 2.45) is 0 Å². The van der Waals surface area contributed by atoms with Gasteiger partial charge in [-0.15, -0.1) is 0 Å². The van der Waals surface area contributed by atoms with Crippen LogP contribution in [-0.2, 0) is 0 Å². The molecule has 4 nitrogen and oxygen atoms in total. The van der Waals surface area contributed by atoms with E-state index in [2.05, 4.69) is 99.3 Å². The van der Waals surface area contributed by atoms with Gasteiger partial charge in [0.2, 0.25) is 0 Å². The molecule has 0 aliphatic rings. The van der Waals surface area contributed by atoms with Crippen LogP contribution in [0.1, 0.15) is 20.8 Å². The van der Waals surface area contributed by atoms with E-state index >= 15 is 0 Å². The van der Waals surface area contributed by atoms with E-state index in [1.54, 1.807) is 0 Å². The fourth-order valence-corrected chi connectivity index (χ4v) is 25.9. The molecule has 0 aliphatic carbocycles. The Labute approximate surface area is 144 Å². The minimum Gasteiger partial charge on any atom is -0.332 e. The summed E-state index contributed by atoms with van der Waals surface area (Å²) < 4.78 is 11.0. The molecule has 0 aromatic carbocycles. The maximum atomic E-state index is 3.10. The normalized spacial score (nSPS) is 16.9. The molecule has 0 bridgehead atoms. The van der Waals surface area contributed by atoms with Crippen molar-refractivity contribution in [3.63, 3.8) is 0 Å². The van der Waals surface area contributed by atoms with E-state index in [0.717, 1.165) is 0 Å². The van der Waals surface area contributed by atoms with E-state index in [0.29, 0.717) is 0 Å². The predicted octanol–water partition coefficient (Wildman–Crippen LogP) is 3.25. The van der Waals surface area contributed by atoms with Gasteiger partial charge in [0.05, 0.1) is 0 Å². The molecule has 1 unspecified atom stereocenters. The van der Waals surface area contributed by atoms with E-state index in [1.807, 2.05) is 0 Å². The maximum absolute atomic E-state index is 3.10. The van der Waals surface area contributed by atoms with Gasteiger partial charge in [0.25, 0.3) is 0 Å². The molecule has 0 spiro atoms. The molecule has 0 saturated carbocycles. The molecule has 0 radical (unpaired) electrons. The van der Waals surface area contributed by atoms with Crippen molar-refractivity contribution in [3.8, 4) is 0 Å². The smallest absolute Gasteiger partial charge is 0.192 e. The van der Waals surface area contributed by atoms with E-state index in [1.165, 1.54) is 19.1 Å². The molecule has 0 saturated heterocycles. The standard InChI is InChI=1S/C15H42N4Si3/c1-13-18(14-2)22(12,15-3)19(20(8,9)16(4)5)21(10,11)17(6)7/h13-15H2,1-12H3. The van der Waals surface area contributed by atoms with Crippen molar-refractivity contribution < 1.29 is 0 Å². The lowest BCUT2D eigenvalue weighted by Gasteiger charge is -2.61. The lowest BCUT2D eigenvalue weighted by molar-refractivity contribution is 0.417. The van der Waals surface area contributed by atoms with Gasteiger partial charge in [-0.2, -0.15) is 0 Å². The van der Waals surface area contributed by atoms with Gasteiger partial charge in [-0.1, -0.05) is 20.8 Å². The van der Waals surface area contributed by atoms with Crippen LogP contribution in [0.25, 0.3) is 0 Å². The largest absolute Gasteiger partial charge is 0.332 e. The van der Waals surface area contributed by atoms with Crippen molar-refractivity contribution in [3.05, 3.63) is 0 Å². The first kappa shape index (κ1) is 22.5. The average molecular weight is 363 g/mol. The van der Waals surface area contributed by atoms with Gasteiger partial charge in [-0.3, -0.25) is 0 Å². The Bertz CT molecular complexity index is 324. The van der Waals surface area contributed by atoms with Crippen LogP contribution < -0.4 is 0 Å². The quantitative estimate of drug-likeness (QED) is 0.584. The van der Waals surface area contributed by atoms with Crippen LogP contribution in [0.5, 0.6) is 0 Å². The van der Waals surface area contributed by atoms with Gasteiger partial charge in [0.15, 0.2) is 25.2 Å². The van der Waals surface area contributed by atoms with Crippen molar-refractivity contribution >= 4 is 25.2 Å². The van der Waals surface area contributed by atoms with Crippen LogP contribution in [0.2, 0.25) is 38.8 Å². The first-order chi connectivity index (χ1) is 9.83. The van der Waals surface area contributed by atoms with Crippen molar-refractivity contribution in [2.75, 3.05) is 41.3 Å². The maximum Gasteiger partial charge on any atom is 0.192 e. The van der Waals surface area contributed by atoms with Gasteiger partial charge < -0.3 is 17.6 Å². The third kappa shape index (κ3) is 4.12. The van der Waals surface area contributed by atoms with Gasteiger partial charge in [-0.05, 0) is 80.1 Å². The van der Waals surface area contributed by atoms with E-state index in [9.17, 15) is 0 Å². The fraction of sp³-hybridized carbons (Fsp3) is 1.00. The molecule has 22 heavy (non-hydrogen) atoms. The zero-order chi connectivity index (χ0) is 17.9. The number of hydrogen-bond acceptors (Lipinski definition) is 4. The fourth-order valence-electron chi connectivity index (χ4n) is 3.68. The molecular weight excluding hydrogens is 320 g/mol. The van der Waals surface area contributed by atoms with Crippen LogP contribution in [0.3, 0.4) is 0 Å². The topological polar surface area (TPSA) is 13.0 Å². The lowest BCUT2D eigenvalue weighted by Crippen LogP contribution is -2.83. The van der Waals surface area contributed by atoms with Crippen LogP contribution in [-0.4, -0.2) is 84.1 Å². The Morgan fingerprint density at radius 2 is 0.955 bits per heavy atom. The lowest BCUT2D eigenvalue weighted by atomic mass is 10.7. The summed E-state index contributed by atoms with van der Waals surface area (Å²) in [5.41, 5.74) is 0. The summed E-state index contributed by atoms with van der Waals surface area (Å²) in [6.07, 6.45) is 0. The Hall–Kier alpha value is 0.491. The first-order valence-electron chi connectivity index (χ1n) is 8.74. The summed E-state index contributed by atoms with van der Waals surface area (Å²) in [4.78, 5) is 0. The molecule has 0 heterocycles. The minimum absolute atomic E-state index is 1.17. The SMILES string of the molecule is CCN(CC)[Si](C)(CC)N([Si](C)(C)N(C)C)[Si](C)(C)N(C)C. The average Bonchev–Trinajstić information content (AvgIpc) is 2.38. The highest BCUT2D eigenvalue weighted by molar-refractivity contribution is 7.02. The minimum atomic E-state index is -1.67. The van der Waals surface area contributed by atoms with Gasteiger partial charge in [0, 0.05) is 0 Å². The second-order valence-electron chi connectivity index (χ2n) is 7.86. The Balaban J connectivity index is 6.28. The van der Waals surface area contributed by atoms with Crippen molar-refractivity contribution in [1.82, 2.24) is 17.6 Å². The third-order valence-electron chi connectivity index (χ3n) is 5.88. The van der Waals surface area contributed by atoms with Gasteiger partial charge >= 0.3 is 0 Å². The van der Waals surface area contributed by atoms with Crippen molar-refractivity contribution in [2.45, 2.75) is 59.6 Å². The number of rotatable bonds is 9. The van der Waals surface area contributed by atoms with Gasteiger partial charge in [0.1, 0.15) is 0 Å². The molecule has 0 aromatic heterocycles. The van der Waals surface area contributed by atoms with Gasteiger partial charge in [-0.25, -0.2) is 0 Å². The first-order valence-corrected chi connectivity index (χ1v) is 17.1. The molecule has 134 valence electrons. The highest BCUT2D eigenvalue weighted by atomic mass is 28.5. The Morgan fingerprint density at radius 3 is 1.14 bits per heavy atom. The van der Waals surface area contributed by atoms with Crippen LogP contribution in [0, 0.1) is 0 Å². The predicted molar refractivity (Wildman–Crippen MR) is 109 cm³/mol.